The van der Waals surface area contributed by atoms with Gasteiger partial charge in [0.1, 0.15) is 11.6 Å². The van der Waals surface area contributed by atoms with E-state index in [2.05, 4.69) is 20.9 Å². The SMILES string of the molecule is Cc1cccc(S(=O)Cc2c(C(=O)O)c3c(Cn4ccnc4C)c(O)c(Br)cc3n2C)c1. The van der Waals surface area contributed by atoms with Crippen LogP contribution < -0.4 is 0 Å². The fraction of sp³-hybridized carbons (Fsp3) is 0.217. The van der Waals surface area contributed by atoms with E-state index in [1.807, 2.05) is 36.6 Å². The number of halogens is 1. The molecule has 0 fully saturated rings. The summed E-state index contributed by atoms with van der Waals surface area (Å²) in [7, 11) is 0.323. The van der Waals surface area contributed by atoms with Gasteiger partial charge in [-0.05, 0) is 53.5 Å². The Hall–Kier alpha value is -2.91. The Morgan fingerprint density at radius 3 is 2.62 bits per heavy atom. The van der Waals surface area contributed by atoms with Crippen LogP contribution in [0.2, 0.25) is 0 Å². The van der Waals surface area contributed by atoms with Gasteiger partial charge < -0.3 is 19.3 Å². The van der Waals surface area contributed by atoms with E-state index < -0.39 is 16.8 Å². The molecule has 2 aromatic carbocycles. The summed E-state index contributed by atoms with van der Waals surface area (Å²) >= 11 is 3.39. The first kappa shape index (κ1) is 22.3. The minimum absolute atomic E-state index is 0.0231. The van der Waals surface area contributed by atoms with E-state index >= 15 is 0 Å². The third-order valence-corrected chi connectivity index (χ3v) is 7.54. The van der Waals surface area contributed by atoms with Crippen LogP contribution in [0.1, 0.15) is 33.0 Å². The zero-order chi connectivity index (χ0) is 23.2. The van der Waals surface area contributed by atoms with E-state index in [-0.39, 0.29) is 23.6 Å². The van der Waals surface area contributed by atoms with Crippen molar-refractivity contribution in [2.75, 3.05) is 0 Å². The normalized spacial score (nSPS) is 12.4. The summed E-state index contributed by atoms with van der Waals surface area (Å²) in [6.45, 7) is 4.01. The highest BCUT2D eigenvalue weighted by molar-refractivity contribution is 9.10. The van der Waals surface area contributed by atoms with Gasteiger partial charge in [-0.1, -0.05) is 12.1 Å². The van der Waals surface area contributed by atoms with Crippen LogP contribution in [0.4, 0.5) is 0 Å². The molecule has 0 radical (unpaired) electrons. The van der Waals surface area contributed by atoms with Crippen molar-refractivity contribution in [3.8, 4) is 5.75 Å². The van der Waals surface area contributed by atoms with Crippen LogP contribution in [0.3, 0.4) is 0 Å². The van der Waals surface area contributed by atoms with Gasteiger partial charge in [-0.3, -0.25) is 4.21 Å². The molecule has 32 heavy (non-hydrogen) atoms. The first-order chi connectivity index (χ1) is 15.2. The molecule has 2 heterocycles. The van der Waals surface area contributed by atoms with Gasteiger partial charge in [-0.15, -0.1) is 0 Å². The van der Waals surface area contributed by atoms with E-state index in [1.54, 1.807) is 36.1 Å². The molecule has 0 saturated carbocycles. The van der Waals surface area contributed by atoms with Crippen LogP contribution in [0, 0.1) is 13.8 Å². The molecule has 7 nitrogen and oxygen atoms in total. The van der Waals surface area contributed by atoms with Crippen LogP contribution in [-0.2, 0) is 30.1 Å². The number of aromatic hydroxyl groups is 1. The molecule has 9 heteroatoms. The molecule has 4 rings (SSSR count). The lowest BCUT2D eigenvalue weighted by molar-refractivity contribution is 0.0698. The predicted molar refractivity (Wildman–Crippen MR) is 127 cm³/mol. The first-order valence-electron chi connectivity index (χ1n) is 9.86. The lowest BCUT2D eigenvalue weighted by Crippen LogP contribution is -2.08. The van der Waals surface area contributed by atoms with Crippen molar-refractivity contribution in [3.05, 3.63) is 75.4 Å². The molecule has 1 atom stereocenters. The van der Waals surface area contributed by atoms with Crippen LogP contribution >= 0.6 is 15.9 Å². The maximum atomic E-state index is 13.1. The Labute approximate surface area is 195 Å². The molecule has 0 amide bonds. The number of imidazole rings is 1. The number of hydrogen-bond acceptors (Lipinski definition) is 4. The average Bonchev–Trinajstić information content (AvgIpc) is 3.26. The first-order valence-corrected chi connectivity index (χ1v) is 12.0. The summed E-state index contributed by atoms with van der Waals surface area (Å²) < 4.78 is 17.2. The molecule has 0 aliphatic carbocycles. The van der Waals surface area contributed by atoms with E-state index in [0.29, 0.717) is 31.5 Å². The van der Waals surface area contributed by atoms with Crippen LogP contribution in [-0.4, -0.2) is 34.5 Å². The van der Waals surface area contributed by atoms with Gasteiger partial charge >= 0.3 is 5.97 Å². The standard InChI is InChI=1S/C23H22BrN3O4S/c1-13-5-4-6-15(9-13)32(31)12-19-21(23(29)30)20-16(11-27-8-7-25-14(27)2)22(28)17(24)10-18(20)26(19)3/h4-10,28H,11-12H2,1-3H3,(H,29,30). The molecule has 0 bridgehead atoms. The van der Waals surface area contributed by atoms with Gasteiger partial charge in [0.25, 0.3) is 0 Å². The van der Waals surface area contributed by atoms with E-state index in [0.717, 1.165) is 11.4 Å². The summed E-state index contributed by atoms with van der Waals surface area (Å²) in [5.74, 6) is -0.369. The van der Waals surface area contributed by atoms with Gasteiger partial charge in [0, 0.05) is 41.0 Å². The molecule has 0 aliphatic rings. The van der Waals surface area contributed by atoms with Crippen LogP contribution in [0.25, 0.3) is 10.9 Å². The molecule has 0 saturated heterocycles. The smallest absolute Gasteiger partial charge is 0.338 e. The Balaban J connectivity index is 1.93. The highest BCUT2D eigenvalue weighted by atomic mass is 79.9. The summed E-state index contributed by atoms with van der Waals surface area (Å²) in [6, 6.07) is 9.07. The number of hydrogen-bond donors (Lipinski definition) is 2. The number of aromatic nitrogens is 3. The average molecular weight is 516 g/mol. The molecule has 1 unspecified atom stereocenters. The van der Waals surface area contributed by atoms with Crippen molar-refractivity contribution < 1.29 is 19.2 Å². The van der Waals surface area contributed by atoms with E-state index in [9.17, 15) is 19.2 Å². The van der Waals surface area contributed by atoms with Gasteiger partial charge in [0.2, 0.25) is 0 Å². The molecule has 2 aromatic heterocycles. The minimum atomic E-state index is -1.43. The zero-order valence-corrected chi connectivity index (χ0v) is 20.2. The molecule has 2 N–H and O–H groups in total. The third-order valence-electron chi connectivity index (χ3n) is 5.62. The Morgan fingerprint density at radius 1 is 1.25 bits per heavy atom. The zero-order valence-electron chi connectivity index (χ0n) is 17.8. The molecular formula is C23H22BrN3O4S. The number of nitrogens with zero attached hydrogens (tertiary/aromatic N) is 3. The van der Waals surface area contributed by atoms with Crippen LogP contribution in [0.15, 0.2) is 52.1 Å². The summed E-state index contributed by atoms with van der Waals surface area (Å²) in [6.07, 6.45) is 3.43. The highest BCUT2D eigenvalue weighted by Gasteiger charge is 2.27. The van der Waals surface area contributed by atoms with Crippen molar-refractivity contribution in [1.82, 2.24) is 14.1 Å². The number of phenolic OH excluding ortho intramolecular Hbond substituents is 1. The number of carboxylic acid groups (broad SMARTS) is 1. The predicted octanol–water partition coefficient (Wildman–Crippen LogP) is 4.51. The second-order valence-corrected chi connectivity index (χ2v) is 9.98. The Bertz CT molecular complexity index is 1390. The molecule has 0 spiro atoms. The fourth-order valence-corrected chi connectivity index (χ4v) is 5.69. The number of benzene rings is 2. The molecule has 4 aromatic rings. The van der Waals surface area contributed by atoms with Gasteiger partial charge in [0.15, 0.2) is 0 Å². The number of rotatable bonds is 6. The molecule has 0 aliphatic heterocycles. The van der Waals surface area contributed by atoms with Crippen LogP contribution in [0.5, 0.6) is 5.75 Å². The Kier molecular flexibility index (Phi) is 5.96. The van der Waals surface area contributed by atoms with Gasteiger partial charge in [0.05, 0.1) is 38.7 Å². The summed E-state index contributed by atoms with van der Waals surface area (Å²) in [5.41, 5.74) is 2.58. The number of phenols is 1. The number of carboxylic acids is 1. The fourth-order valence-electron chi connectivity index (χ4n) is 3.94. The molecular weight excluding hydrogens is 494 g/mol. The monoisotopic (exact) mass is 515 g/mol. The summed E-state index contributed by atoms with van der Waals surface area (Å²) in [4.78, 5) is 17.3. The molecule has 166 valence electrons. The maximum Gasteiger partial charge on any atom is 0.338 e. The van der Waals surface area contributed by atoms with Gasteiger partial charge in [-0.2, -0.15) is 0 Å². The van der Waals surface area contributed by atoms with Crippen molar-refractivity contribution in [3.63, 3.8) is 0 Å². The van der Waals surface area contributed by atoms with Crippen molar-refractivity contribution >= 4 is 43.6 Å². The van der Waals surface area contributed by atoms with E-state index in [4.69, 9.17) is 0 Å². The maximum absolute atomic E-state index is 13.1. The van der Waals surface area contributed by atoms with Crippen molar-refractivity contribution in [1.29, 1.82) is 0 Å². The topological polar surface area (TPSA) is 97.3 Å². The largest absolute Gasteiger partial charge is 0.506 e. The lowest BCUT2D eigenvalue weighted by Gasteiger charge is -2.12. The number of carbonyl (C=O) groups is 1. The van der Waals surface area contributed by atoms with Crippen molar-refractivity contribution in [2.45, 2.75) is 31.0 Å². The van der Waals surface area contributed by atoms with E-state index in [1.165, 1.54) is 0 Å². The second-order valence-electron chi connectivity index (χ2n) is 7.67. The number of fused-ring (bicyclic) bond motifs is 1. The highest BCUT2D eigenvalue weighted by Crippen LogP contribution is 2.40. The number of aryl methyl sites for hydroxylation is 3. The van der Waals surface area contributed by atoms with Gasteiger partial charge in [-0.25, -0.2) is 9.78 Å². The third kappa shape index (κ3) is 3.86. The number of aromatic carboxylic acids is 1. The summed E-state index contributed by atoms with van der Waals surface area (Å²) in [5, 5.41) is 21.4. The quantitative estimate of drug-likeness (QED) is 0.393. The minimum Gasteiger partial charge on any atom is -0.506 e. The van der Waals surface area contributed by atoms with Crippen molar-refractivity contribution in [2.24, 2.45) is 7.05 Å². The Morgan fingerprint density at radius 2 is 2.00 bits per heavy atom. The second kappa shape index (κ2) is 8.55. The lowest BCUT2D eigenvalue weighted by atomic mass is 10.0.